The minimum absolute atomic E-state index is 0.197. The van der Waals surface area contributed by atoms with E-state index in [2.05, 4.69) is 10.6 Å². The summed E-state index contributed by atoms with van der Waals surface area (Å²) in [5.74, 6) is 1.63. The van der Waals surface area contributed by atoms with Crippen LogP contribution in [0.1, 0.15) is 135 Å². The molecule has 25 heteroatoms. The Balaban J connectivity index is 0.906. The van der Waals surface area contributed by atoms with Gasteiger partial charge < -0.3 is 91.6 Å². The highest BCUT2D eigenvalue weighted by molar-refractivity contribution is 5.90. The summed E-state index contributed by atoms with van der Waals surface area (Å²) in [5, 5.41) is 5.94. The van der Waals surface area contributed by atoms with E-state index in [1.807, 2.05) is 81.4 Å². The number of likely N-dealkylation sites (tertiary alicyclic amines) is 2. The fraction of sp³-hybridized carbons (Fsp3) is 0.488. The van der Waals surface area contributed by atoms with Crippen molar-refractivity contribution in [3.8, 4) is 69.0 Å². The van der Waals surface area contributed by atoms with Crippen molar-refractivity contribution < 1.29 is 95.1 Å². The van der Waals surface area contributed by atoms with Crippen LogP contribution in [0.25, 0.3) is 0 Å². The molecule has 107 heavy (non-hydrogen) atoms. The SMILES string of the molecule is CC[C@H](C(=O)N1CCCC[C@H]1C(=O)O[C@H](CCc1ccc(OC)c(OC)c1)c1cccc(OCC(=O)NCC(CNC(=O)COc2cccc([C@@H](CCc3ccc(OC)c(OC)c3)OC(=O)[C@@H]3CCCCN3C(=O)[C@@H](CC)c3cc(OC)c(OC)c(OC)c3)c2)CN(C)C)c1)c1cc(OC)c(OC)c(OC)c1. The van der Waals surface area contributed by atoms with E-state index in [4.69, 9.17) is 66.3 Å². The molecule has 2 fully saturated rings. The Morgan fingerprint density at radius 3 is 1.15 bits per heavy atom. The van der Waals surface area contributed by atoms with E-state index in [9.17, 15) is 28.8 Å². The topological polar surface area (TPSA) is 265 Å². The lowest BCUT2D eigenvalue weighted by Crippen LogP contribution is -2.50. The quantitative estimate of drug-likeness (QED) is 0.0339. The van der Waals surface area contributed by atoms with Gasteiger partial charge in [0.05, 0.1) is 82.9 Å². The molecular formula is C82H107N5O20. The largest absolute Gasteiger partial charge is 0.493 e. The van der Waals surface area contributed by atoms with Gasteiger partial charge in [-0.05, 0) is 197 Å². The van der Waals surface area contributed by atoms with E-state index in [0.29, 0.717) is 175 Å². The first kappa shape index (κ1) is 82.4. The Labute approximate surface area is 628 Å². The van der Waals surface area contributed by atoms with Gasteiger partial charge in [0.2, 0.25) is 23.3 Å². The number of hydrogen-bond acceptors (Lipinski definition) is 21. The number of esters is 2. The number of nitrogens with zero attached hydrogens (tertiary/aromatic N) is 3. The molecule has 6 aromatic rings. The van der Waals surface area contributed by atoms with Crippen LogP contribution < -0.4 is 67.5 Å². The molecule has 6 atom stereocenters. The molecule has 2 saturated heterocycles. The lowest BCUT2D eigenvalue weighted by atomic mass is 9.91. The van der Waals surface area contributed by atoms with E-state index in [-0.39, 0.29) is 44.0 Å². The van der Waals surface area contributed by atoms with Crippen molar-refractivity contribution in [1.82, 2.24) is 25.3 Å². The number of amides is 4. The average molecular weight is 1480 g/mol. The number of rotatable bonds is 40. The van der Waals surface area contributed by atoms with Gasteiger partial charge in [-0.2, -0.15) is 0 Å². The number of methoxy groups -OCH3 is 10. The Morgan fingerprint density at radius 1 is 0.439 bits per heavy atom. The second-order valence-corrected chi connectivity index (χ2v) is 26.7. The molecule has 0 saturated carbocycles. The maximum atomic E-state index is 14.7. The second-order valence-electron chi connectivity index (χ2n) is 26.7. The van der Waals surface area contributed by atoms with Gasteiger partial charge in [-0.3, -0.25) is 19.2 Å². The molecular weight excluding hydrogens is 1370 g/mol. The number of benzene rings is 6. The zero-order chi connectivity index (χ0) is 77.1. The van der Waals surface area contributed by atoms with Crippen LogP contribution in [-0.2, 0) is 51.1 Å². The molecule has 2 aliphatic heterocycles. The predicted octanol–water partition coefficient (Wildman–Crippen LogP) is 11.2. The molecule has 2 N–H and O–H groups in total. The number of nitrogens with one attached hydrogen (secondary N) is 2. The Morgan fingerprint density at radius 2 is 0.813 bits per heavy atom. The van der Waals surface area contributed by atoms with Crippen molar-refractivity contribution in [3.63, 3.8) is 0 Å². The van der Waals surface area contributed by atoms with Gasteiger partial charge in [0, 0.05) is 38.6 Å². The third-order valence-corrected chi connectivity index (χ3v) is 19.5. The van der Waals surface area contributed by atoms with E-state index in [1.165, 1.54) is 42.7 Å². The smallest absolute Gasteiger partial charge is 0.329 e. The Hall–Kier alpha value is -10.3. The first-order valence-electron chi connectivity index (χ1n) is 36.5. The average Bonchev–Trinajstić information content (AvgIpc) is 0.795. The summed E-state index contributed by atoms with van der Waals surface area (Å²) >= 11 is 0. The number of hydrogen-bond donors (Lipinski definition) is 2. The van der Waals surface area contributed by atoms with Crippen LogP contribution >= 0.6 is 0 Å². The fourth-order valence-electron chi connectivity index (χ4n) is 13.9. The second kappa shape index (κ2) is 41.0. The zero-order valence-electron chi connectivity index (χ0n) is 64.4. The van der Waals surface area contributed by atoms with Gasteiger partial charge >= 0.3 is 11.9 Å². The van der Waals surface area contributed by atoms with E-state index >= 15 is 0 Å². The number of carbonyl (C=O) groups is 6. The Bertz CT molecular complexity index is 3650. The molecule has 580 valence electrons. The summed E-state index contributed by atoms with van der Waals surface area (Å²) in [6, 6.07) is 30.8. The third kappa shape index (κ3) is 21.9. The van der Waals surface area contributed by atoms with Crippen molar-refractivity contribution in [2.75, 3.05) is 131 Å². The highest BCUT2D eigenvalue weighted by Crippen LogP contribution is 2.44. The maximum absolute atomic E-state index is 14.7. The highest BCUT2D eigenvalue weighted by atomic mass is 16.6. The lowest BCUT2D eigenvalue weighted by Gasteiger charge is -2.37. The number of aryl methyl sites for hydroxylation is 2. The highest BCUT2D eigenvalue weighted by Gasteiger charge is 2.40. The van der Waals surface area contributed by atoms with E-state index in [0.717, 1.165) is 24.0 Å². The van der Waals surface area contributed by atoms with Gasteiger partial charge in [-0.25, -0.2) is 9.59 Å². The molecule has 6 aromatic carbocycles. The van der Waals surface area contributed by atoms with Gasteiger partial charge in [-0.15, -0.1) is 0 Å². The summed E-state index contributed by atoms with van der Waals surface area (Å²) in [5.41, 5.74) is 4.38. The molecule has 0 aromatic heterocycles. The van der Waals surface area contributed by atoms with Crippen LogP contribution in [0.3, 0.4) is 0 Å². The summed E-state index contributed by atoms with van der Waals surface area (Å²) in [4.78, 5) is 91.4. The number of carbonyl (C=O) groups excluding carboxylic acids is 6. The molecule has 2 aliphatic rings. The Kier molecular flexibility index (Phi) is 31.5. The lowest BCUT2D eigenvalue weighted by molar-refractivity contribution is -0.162. The molecule has 8 rings (SSSR count). The van der Waals surface area contributed by atoms with Gasteiger partial charge in [0.15, 0.2) is 59.2 Å². The predicted molar refractivity (Wildman–Crippen MR) is 402 cm³/mol. The summed E-state index contributed by atoms with van der Waals surface area (Å²) < 4.78 is 81.2. The molecule has 4 amide bonds. The van der Waals surface area contributed by atoms with Crippen LogP contribution in [0, 0.1) is 5.92 Å². The van der Waals surface area contributed by atoms with Gasteiger partial charge in [0.25, 0.3) is 11.8 Å². The van der Waals surface area contributed by atoms with Crippen LogP contribution in [0.4, 0.5) is 0 Å². The molecule has 0 spiro atoms. The van der Waals surface area contributed by atoms with Crippen LogP contribution in [0.2, 0.25) is 0 Å². The van der Waals surface area contributed by atoms with Gasteiger partial charge in [-0.1, -0.05) is 50.2 Å². The number of piperidine rings is 2. The van der Waals surface area contributed by atoms with Crippen molar-refractivity contribution in [3.05, 3.63) is 143 Å². The third-order valence-electron chi connectivity index (χ3n) is 19.5. The normalized spacial score (nSPS) is 15.3. The van der Waals surface area contributed by atoms with Crippen LogP contribution in [-0.4, -0.2) is 193 Å². The standard InChI is InChI=1S/C82H107N5O20/c1-15-61(57-43-71(98-9)77(102-13)72(44-57)99-10)79(90)86-37-19-17-27-63(86)81(92)106-65(33-29-52-31-35-67(94-5)69(39-52)96-7)55-23-21-25-59(41-55)104-50-75(88)83-47-54(49-85(3)4)48-84-76(89)51-105-60-26-22-24-56(42-60)66(34-30-53-32-36-68(95-6)70(40-53)97-8)107-82(93)64-28-18-20-38-87(64)80(91)62(16-2)58-45-73(100-11)78(103-14)74(46-58)101-12/h21-26,31-32,35-36,39-46,54,61-66H,15-20,27-30,33-34,37-38,47-51H2,1-14H3,(H,83,88)(H,84,89)/t61-,62-,63-,64-,65+,66+/m0/s1. The monoisotopic (exact) mass is 1480 g/mol. The number of ether oxygens (including phenoxy) is 14. The molecule has 25 nitrogen and oxygen atoms in total. The summed E-state index contributed by atoms with van der Waals surface area (Å²) in [6.45, 7) is 4.79. The van der Waals surface area contributed by atoms with Crippen molar-refractivity contribution >= 4 is 35.6 Å². The van der Waals surface area contributed by atoms with Crippen LogP contribution in [0.15, 0.2) is 109 Å². The first-order valence-corrected chi connectivity index (χ1v) is 36.5. The van der Waals surface area contributed by atoms with Crippen molar-refractivity contribution in [2.24, 2.45) is 5.92 Å². The first-order chi connectivity index (χ1) is 51.8. The fourth-order valence-corrected chi connectivity index (χ4v) is 13.9. The van der Waals surface area contributed by atoms with E-state index in [1.54, 1.807) is 98.9 Å². The summed E-state index contributed by atoms with van der Waals surface area (Å²) in [7, 11) is 19.2. The molecule has 0 aliphatic carbocycles. The maximum Gasteiger partial charge on any atom is 0.329 e. The van der Waals surface area contributed by atoms with Crippen molar-refractivity contribution in [2.45, 2.75) is 127 Å². The van der Waals surface area contributed by atoms with Crippen molar-refractivity contribution in [1.29, 1.82) is 0 Å². The summed E-state index contributed by atoms with van der Waals surface area (Å²) in [6.07, 6.45) is 4.57. The molecule has 0 bridgehead atoms. The molecule has 2 heterocycles. The van der Waals surface area contributed by atoms with E-state index < -0.39 is 59.9 Å². The minimum atomic E-state index is -0.860. The van der Waals surface area contributed by atoms with Gasteiger partial charge in [0.1, 0.15) is 35.8 Å². The zero-order valence-corrected chi connectivity index (χ0v) is 64.4. The molecule has 0 radical (unpaired) electrons. The van der Waals surface area contributed by atoms with Crippen LogP contribution in [0.5, 0.6) is 69.0 Å². The molecule has 0 unspecified atom stereocenters. The minimum Gasteiger partial charge on any atom is -0.493 e.